The van der Waals surface area contributed by atoms with Gasteiger partial charge in [-0.25, -0.2) is 4.79 Å². The first-order valence-corrected chi connectivity index (χ1v) is 8.59. The van der Waals surface area contributed by atoms with Crippen LogP contribution in [0.4, 0.5) is 0 Å². The molecule has 1 heterocycles. The lowest BCUT2D eigenvalue weighted by Crippen LogP contribution is -2.08. The molecule has 3 heteroatoms. The molecule has 25 heavy (non-hydrogen) atoms. The number of aryl methyl sites for hydroxylation is 2. The van der Waals surface area contributed by atoms with Crippen LogP contribution in [0.2, 0.25) is 0 Å². The monoisotopic (exact) mass is 332 g/mol. The highest BCUT2D eigenvalue weighted by Gasteiger charge is 2.22. The third-order valence-electron chi connectivity index (χ3n) is 4.79. The SMILES string of the molecule is C=Cc1ccc(COc2cc(C)cc3oc(=O)c4c(c23)CCC4)cc1. The van der Waals surface area contributed by atoms with Gasteiger partial charge in [-0.05, 0) is 60.6 Å². The summed E-state index contributed by atoms with van der Waals surface area (Å²) in [5, 5.41) is 0.959. The van der Waals surface area contributed by atoms with Gasteiger partial charge in [0.05, 0.1) is 5.39 Å². The van der Waals surface area contributed by atoms with Crippen LogP contribution in [0.15, 0.2) is 52.2 Å². The number of hydrogen-bond acceptors (Lipinski definition) is 3. The molecular weight excluding hydrogens is 312 g/mol. The summed E-state index contributed by atoms with van der Waals surface area (Å²) >= 11 is 0. The summed E-state index contributed by atoms with van der Waals surface area (Å²) in [4.78, 5) is 12.2. The van der Waals surface area contributed by atoms with Crippen molar-refractivity contribution >= 4 is 17.0 Å². The zero-order chi connectivity index (χ0) is 17.4. The maximum Gasteiger partial charge on any atom is 0.339 e. The van der Waals surface area contributed by atoms with Gasteiger partial charge in [0.15, 0.2) is 0 Å². The van der Waals surface area contributed by atoms with E-state index >= 15 is 0 Å². The van der Waals surface area contributed by atoms with Crippen LogP contribution < -0.4 is 10.4 Å². The third kappa shape index (κ3) is 2.86. The Morgan fingerprint density at radius 2 is 1.92 bits per heavy atom. The number of benzene rings is 2. The van der Waals surface area contributed by atoms with Crippen LogP contribution in [-0.4, -0.2) is 0 Å². The molecule has 0 saturated heterocycles. The zero-order valence-corrected chi connectivity index (χ0v) is 14.3. The minimum absolute atomic E-state index is 0.198. The lowest BCUT2D eigenvalue weighted by atomic mass is 10.0. The summed E-state index contributed by atoms with van der Waals surface area (Å²) in [5.74, 6) is 0.796. The number of hydrogen-bond donors (Lipinski definition) is 0. The molecule has 126 valence electrons. The molecule has 1 aliphatic carbocycles. The first kappa shape index (κ1) is 15.7. The molecule has 0 fully saturated rings. The van der Waals surface area contributed by atoms with Crippen molar-refractivity contribution in [2.45, 2.75) is 32.8 Å². The lowest BCUT2D eigenvalue weighted by Gasteiger charge is -2.13. The molecule has 1 aliphatic rings. The van der Waals surface area contributed by atoms with E-state index in [1.54, 1.807) is 0 Å². The van der Waals surface area contributed by atoms with Gasteiger partial charge in [-0.2, -0.15) is 0 Å². The van der Waals surface area contributed by atoms with E-state index in [1.165, 1.54) is 0 Å². The molecule has 0 bridgehead atoms. The topological polar surface area (TPSA) is 39.4 Å². The average Bonchev–Trinajstić information content (AvgIpc) is 3.10. The lowest BCUT2D eigenvalue weighted by molar-refractivity contribution is 0.309. The minimum atomic E-state index is -0.198. The highest BCUT2D eigenvalue weighted by atomic mass is 16.5. The van der Waals surface area contributed by atoms with Gasteiger partial charge in [0.25, 0.3) is 0 Å². The molecular formula is C22H20O3. The standard InChI is InChI=1S/C22H20O3/c1-3-15-7-9-16(10-8-15)13-24-19-11-14(2)12-20-21(19)17-5-4-6-18(17)22(23)25-20/h3,7-12H,1,4-6,13H2,2H3. The number of fused-ring (bicyclic) bond motifs is 3. The van der Waals surface area contributed by atoms with E-state index in [-0.39, 0.29) is 5.63 Å². The van der Waals surface area contributed by atoms with Gasteiger partial charge >= 0.3 is 5.63 Å². The fourth-order valence-corrected chi connectivity index (χ4v) is 3.53. The van der Waals surface area contributed by atoms with Crippen molar-refractivity contribution in [1.82, 2.24) is 0 Å². The van der Waals surface area contributed by atoms with Crippen LogP contribution in [0, 0.1) is 6.92 Å². The molecule has 1 aromatic heterocycles. The van der Waals surface area contributed by atoms with Crippen molar-refractivity contribution < 1.29 is 9.15 Å². The first-order chi connectivity index (χ1) is 12.2. The molecule has 0 unspecified atom stereocenters. The van der Waals surface area contributed by atoms with E-state index in [9.17, 15) is 4.79 Å². The Bertz CT molecular complexity index is 1010. The molecule has 3 aromatic rings. The van der Waals surface area contributed by atoms with E-state index in [4.69, 9.17) is 9.15 Å². The summed E-state index contributed by atoms with van der Waals surface area (Å²) in [6, 6.07) is 12.1. The first-order valence-electron chi connectivity index (χ1n) is 8.59. The molecule has 0 amide bonds. The summed E-state index contributed by atoms with van der Waals surface area (Å²) < 4.78 is 11.7. The zero-order valence-electron chi connectivity index (χ0n) is 14.3. The van der Waals surface area contributed by atoms with E-state index < -0.39 is 0 Å². The number of rotatable bonds is 4. The van der Waals surface area contributed by atoms with E-state index in [0.717, 1.165) is 58.2 Å². The van der Waals surface area contributed by atoms with Gasteiger partial charge in [-0.1, -0.05) is 36.9 Å². The molecule has 0 spiro atoms. The van der Waals surface area contributed by atoms with Crippen LogP contribution in [0.25, 0.3) is 17.0 Å². The fraction of sp³-hybridized carbons (Fsp3) is 0.227. The Morgan fingerprint density at radius 1 is 1.16 bits per heavy atom. The van der Waals surface area contributed by atoms with Gasteiger partial charge in [0, 0.05) is 5.56 Å². The third-order valence-corrected chi connectivity index (χ3v) is 4.79. The van der Waals surface area contributed by atoms with Crippen molar-refractivity contribution in [2.24, 2.45) is 0 Å². The molecule has 0 aliphatic heterocycles. The van der Waals surface area contributed by atoms with Crippen molar-refractivity contribution in [3.05, 3.63) is 81.2 Å². The van der Waals surface area contributed by atoms with Crippen molar-refractivity contribution in [1.29, 1.82) is 0 Å². The molecule has 0 radical (unpaired) electrons. The van der Waals surface area contributed by atoms with Crippen molar-refractivity contribution in [2.75, 3.05) is 0 Å². The van der Waals surface area contributed by atoms with Crippen molar-refractivity contribution in [3.8, 4) is 5.75 Å². The number of ether oxygens (including phenoxy) is 1. The summed E-state index contributed by atoms with van der Waals surface area (Å²) in [6.45, 7) is 6.23. The normalized spacial score (nSPS) is 13.0. The van der Waals surface area contributed by atoms with Gasteiger partial charge < -0.3 is 9.15 Å². The second-order valence-corrected chi connectivity index (χ2v) is 6.57. The summed E-state index contributed by atoms with van der Waals surface area (Å²) in [6.07, 6.45) is 4.52. The van der Waals surface area contributed by atoms with Gasteiger partial charge in [-0.3, -0.25) is 0 Å². The van der Waals surface area contributed by atoms with E-state index in [2.05, 4.69) is 6.58 Å². The van der Waals surface area contributed by atoms with E-state index in [0.29, 0.717) is 12.2 Å². The predicted molar refractivity (Wildman–Crippen MR) is 100 cm³/mol. The largest absolute Gasteiger partial charge is 0.488 e. The van der Waals surface area contributed by atoms with Gasteiger partial charge in [-0.15, -0.1) is 0 Å². The maximum atomic E-state index is 12.2. The summed E-state index contributed by atoms with van der Waals surface area (Å²) in [7, 11) is 0. The smallest absolute Gasteiger partial charge is 0.339 e. The maximum absolute atomic E-state index is 12.2. The molecule has 0 N–H and O–H groups in total. The quantitative estimate of drug-likeness (QED) is 0.644. The summed E-state index contributed by atoms with van der Waals surface area (Å²) in [5.41, 5.74) is 5.54. The minimum Gasteiger partial charge on any atom is -0.488 e. The predicted octanol–water partition coefficient (Wildman–Crippen LogP) is 4.81. The van der Waals surface area contributed by atoms with Crippen LogP contribution in [-0.2, 0) is 19.4 Å². The Kier molecular flexibility index (Phi) is 3.92. The Morgan fingerprint density at radius 3 is 2.68 bits per heavy atom. The Labute approximate surface area is 146 Å². The fourth-order valence-electron chi connectivity index (χ4n) is 3.53. The van der Waals surface area contributed by atoms with Crippen LogP contribution >= 0.6 is 0 Å². The highest BCUT2D eigenvalue weighted by molar-refractivity contribution is 5.88. The van der Waals surface area contributed by atoms with Gasteiger partial charge in [0.2, 0.25) is 0 Å². The average molecular weight is 332 g/mol. The van der Waals surface area contributed by atoms with Crippen LogP contribution in [0.5, 0.6) is 5.75 Å². The van der Waals surface area contributed by atoms with Crippen LogP contribution in [0.1, 0.15) is 34.2 Å². The molecule has 4 rings (SSSR count). The van der Waals surface area contributed by atoms with Crippen LogP contribution in [0.3, 0.4) is 0 Å². The molecule has 3 nitrogen and oxygen atoms in total. The second-order valence-electron chi connectivity index (χ2n) is 6.57. The second kappa shape index (κ2) is 6.25. The molecule has 0 atom stereocenters. The molecule has 0 saturated carbocycles. The van der Waals surface area contributed by atoms with E-state index in [1.807, 2.05) is 49.4 Å². The van der Waals surface area contributed by atoms with Gasteiger partial charge in [0.1, 0.15) is 17.9 Å². The Hall–Kier alpha value is -2.81. The highest BCUT2D eigenvalue weighted by Crippen LogP contribution is 2.35. The van der Waals surface area contributed by atoms with Crippen molar-refractivity contribution in [3.63, 3.8) is 0 Å². The Balaban J connectivity index is 1.74. The molecule has 2 aromatic carbocycles.